The Kier molecular flexibility index (Phi) is 9.71. The van der Waals surface area contributed by atoms with E-state index in [1.54, 1.807) is 0 Å². The van der Waals surface area contributed by atoms with Gasteiger partial charge in [-0.15, -0.1) is 0 Å². The van der Waals surface area contributed by atoms with E-state index >= 15 is 0 Å². The summed E-state index contributed by atoms with van der Waals surface area (Å²) in [6.07, 6.45) is 0. The largest absolute Gasteiger partial charge is 0.456 e. The molecule has 0 aliphatic heterocycles. The first-order chi connectivity index (χ1) is 31.2. The van der Waals surface area contributed by atoms with Crippen molar-refractivity contribution in [2.45, 2.75) is 13.8 Å². The van der Waals surface area contributed by atoms with Gasteiger partial charge in [-0.05, 0) is 142 Å². The molecule has 0 bridgehead atoms. The monoisotopic (exact) mass is 804 g/mol. The van der Waals surface area contributed by atoms with Crippen LogP contribution >= 0.6 is 0 Å². The van der Waals surface area contributed by atoms with Crippen LogP contribution in [0, 0.1) is 0 Å². The molecule has 0 unspecified atom stereocenters. The molecule has 0 atom stereocenters. The Morgan fingerprint density at radius 3 is 1.35 bits per heavy atom. The van der Waals surface area contributed by atoms with Crippen LogP contribution < -0.4 is 0 Å². The number of rotatable bonds is 6. The molecule has 12 rings (SSSR count). The van der Waals surface area contributed by atoms with Crippen molar-refractivity contribution < 1.29 is 4.42 Å². The molecule has 12 aromatic rings. The minimum absolute atomic E-state index is 0.904. The summed E-state index contributed by atoms with van der Waals surface area (Å²) in [5.41, 5.74) is 16.2. The molecule has 0 amide bonds. The molecule has 1 heteroatoms. The van der Waals surface area contributed by atoms with Crippen LogP contribution in [0.3, 0.4) is 0 Å². The average molecular weight is 805 g/mol. The topological polar surface area (TPSA) is 13.1 Å². The second-order valence-corrected chi connectivity index (χ2v) is 16.0. The van der Waals surface area contributed by atoms with E-state index in [0.717, 1.165) is 27.5 Å². The van der Waals surface area contributed by atoms with Crippen molar-refractivity contribution in [1.82, 2.24) is 0 Å². The van der Waals surface area contributed by atoms with Gasteiger partial charge in [0.05, 0.1) is 0 Å². The molecule has 1 heterocycles. The van der Waals surface area contributed by atoms with Gasteiger partial charge in [-0.1, -0.05) is 202 Å². The van der Waals surface area contributed by atoms with Gasteiger partial charge in [0, 0.05) is 10.8 Å². The van der Waals surface area contributed by atoms with Gasteiger partial charge >= 0.3 is 0 Å². The molecule has 11 aromatic carbocycles. The molecule has 0 radical (unpaired) electrons. The first kappa shape index (κ1) is 38.0. The van der Waals surface area contributed by atoms with Gasteiger partial charge < -0.3 is 4.42 Å². The van der Waals surface area contributed by atoms with Crippen LogP contribution in [0.1, 0.15) is 13.8 Å². The molecule has 298 valence electrons. The standard InChI is InChI=1S/C60H38O.C2H6/c1-3-12-39(13-4-1)47-29-32-53-55(37-47)59(43-25-22-42(23-26-43)46-27-24-41-16-7-8-17-44(41)34-46)52-31-28-48(40-14-5-2-6-15-40)38-56(52)60(53)50-19-11-18-45(35-50)49-30-33-58-54(36-49)51-20-9-10-21-57(51)61-58;1-2/h1-38H;1-2H3. The zero-order valence-electron chi connectivity index (χ0n) is 35.3. The lowest BCUT2D eigenvalue weighted by atomic mass is 9.83. The number of para-hydroxylation sites is 1. The zero-order valence-corrected chi connectivity index (χ0v) is 35.3. The van der Waals surface area contributed by atoms with Gasteiger partial charge in [0.2, 0.25) is 0 Å². The summed E-state index contributed by atoms with van der Waals surface area (Å²) in [5.74, 6) is 0. The minimum Gasteiger partial charge on any atom is -0.456 e. The Morgan fingerprint density at radius 1 is 0.222 bits per heavy atom. The predicted octanol–water partition coefficient (Wildman–Crippen LogP) is 18.1. The molecule has 63 heavy (non-hydrogen) atoms. The molecular formula is C62H44O. The van der Waals surface area contributed by atoms with Crippen LogP contribution in [0.15, 0.2) is 235 Å². The highest BCUT2D eigenvalue weighted by Crippen LogP contribution is 2.47. The maximum Gasteiger partial charge on any atom is 0.135 e. The van der Waals surface area contributed by atoms with Crippen molar-refractivity contribution in [2.24, 2.45) is 0 Å². The third-order valence-corrected chi connectivity index (χ3v) is 12.4. The van der Waals surface area contributed by atoms with Gasteiger partial charge in [-0.3, -0.25) is 0 Å². The molecule has 0 aliphatic carbocycles. The van der Waals surface area contributed by atoms with E-state index in [-0.39, 0.29) is 0 Å². The Hall–Kier alpha value is -8.00. The second kappa shape index (κ2) is 16.1. The Morgan fingerprint density at radius 2 is 0.651 bits per heavy atom. The first-order valence-electron chi connectivity index (χ1n) is 22.0. The van der Waals surface area contributed by atoms with E-state index < -0.39 is 0 Å². The summed E-state index contributed by atoms with van der Waals surface area (Å²) in [4.78, 5) is 0. The molecule has 1 aromatic heterocycles. The second-order valence-electron chi connectivity index (χ2n) is 16.0. The maximum absolute atomic E-state index is 6.21. The van der Waals surface area contributed by atoms with Crippen LogP contribution in [0.25, 0.3) is 121 Å². The third kappa shape index (κ3) is 6.85. The number of benzene rings is 11. The molecule has 0 saturated carbocycles. The summed E-state index contributed by atoms with van der Waals surface area (Å²) < 4.78 is 6.21. The van der Waals surface area contributed by atoms with E-state index in [2.05, 4.69) is 218 Å². The minimum atomic E-state index is 0.904. The Bertz CT molecular complexity index is 3610. The number of furan rings is 1. The van der Waals surface area contributed by atoms with E-state index in [0.29, 0.717) is 0 Å². The van der Waals surface area contributed by atoms with Crippen LogP contribution in [0.2, 0.25) is 0 Å². The summed E-state index contributed by atoms with van der Waals surface area (Å²) in [6, 6.07) is 84.1. The number of fused-ring (bicyclic) bond motifs is 6. The molecule has 0 fully saturated rings. The normalized spacial score (nSPS) is 11.3. The molecule has 0 spiro atoms. The molecular weight excluding hydrogens is 761 g/mol. The highest BCUT2D eigenvalue weighted by molar-refractivity contribution is 6.22. The Balaban J connectivity index is 0.00000219. The lowest BCUT2D eigenvalue weighted by molar-refractivity contribution is 0.669. The third-order valence-electron chi connectivity index (χ3n) is 12.4. The first-order valence-corrected chi connectivity index (χ1v) is 22.0. The molecule has 0 aliphatic rings. The van der Waals surface area contributed by atoms with E-state index in [1.165, 1.54) is 93.5 Å². The molecule has 0 saturated heterocycles. The fourth-order valence-electron chi connectivity index (χ4n) is 9.43. The van der Waals surface area contributed by atoms with Crippen molar-refractivity contribution in [2.75, 3.05) is 0 Å². The number of hydrogen-bond acceptors (Lipinski definition) is 1. The quantitative estimate of drug-likeness (QED) is 0.153. The van der Waals surface area contributed by atoms with Crippen molar-refractivity contribution in [3.63, 3.8) is 0 Å². The van der Waals surface area contributed by atoms with Gasteiger partial charge in [0.15, 0.2) is 0 Å². The average Bonchev–Trinajstić information content (AvgIpc) is 3.74. The summed E-state index contributed by atoms with van der Waals surface area (Å²) in [6.45, 7) is 4.00. The highest BCUT2D eigenvalue weighted by atomic mass is 16.3. The lowest BCUT2D eigenvalue weighted by Crippen LogP contribution is -1.93. The molecule has 0 N–H and O–H groups in total. The van der Waals surface area contributed by atoms with Gasteiger partial charge in [-0.2, -0.15) is 0 Å². The van der Waals surface area contributed by atoms with Crippen LogP contribution in [-0.4, -0.2) is 0 Å². The summed E-state index contributed by atoms with van der Waals surface area (Å²) in [5, 5.41) is 9.67. The van der Waals surface area contributed by atoms with Crippen LogP contribution in [-0.2, 0) is 0 Å². The van der Waals surface area contributed by atoms with Crippen molar-refractivity contribution in [3.8, 4) is 66.8 Å². The highest BCUT2D eigenvalue weighted by Gasteiger charge is 2.20. The van der Waals surface area contributed by atoms with Crippen LogP contribution in [0.4, 0.5) is 0 Å². The van der Waals surface area contributed by atoms with E-state index in [9.17, 15) is 0 Å². The Labute approximate surface area is 368 Å². The van der Waals surface area contributed by atoms with Crippen molar-refractivity contribution in [1.29, 1.82) is 0 Å². The smallest absolute Gasteiger partial charge is 0.135 e. The van der Waals surface area contributed by atoms with Crippen LogP contribution in [0.5, 0.6) is 0 Å². The van der Waals surface area contributed by atoms with E-state index in [4.69, 9.17) is 4.42 Å². The predicted molar refractivity (Wildman–Crippen MR) is 270 cm³/mol. The number of hydrogen-bond donors (Lipinski definition) is 0. The van der Waals surface area contributed by atoms with Gasteiger partial charge in [0.25, 0.3) is 0 Å². The van der Waals surface area contributed by atoms with Gasteiger partial charge in [-0.25, -0.2) is 0 Å². The zero-order chi connectivity index (χ0) is 42.3. The lowest BCUT2D eigenvalue weighted by Gasteiger charge is -2.20. The summed E-state index contributed by atoms with van der Waals surface area (Å²) in [7, 11) is 0. The molecule has 1 nitrogen and oxygen atoms in total. The SMILES string of the molecule is CC.c1ccc(-c2ccc3c(-c4cccc(-c5ccc6oc7ccccc7c6c5)c4)c4cc(-c5ccccc5)ccc4c(-c4ccc(-c5ccc6ccccc6c5)cc4)c3c2)cc1. The van der Waals surface area contributed by atoms with Crippen molar-refractivity contribution >= 4 is 54.3 Å². The van der Waals surface area contributed by atoms with Crippen molar-refractivity contribution in [3.05, 3.63) is 231 Å². The maximum atomic E-state index is 6.21. The van der Waals surface area contributed by atoms with E-state index in [1.807, 2.05) is 26.0 Å². The van der Waals surface area contributed by atoms with Gasteiger partial charge in [0.1, 0.15) is 11.2 Å². The summed E-state index contributed by atoms with van der Waals surface area (Å²) >= 11 is 0. The fraction of sp³-hybridized carbons (Fsp3) is 0.0323. The fourth-order valence-corrected chi connectivity index (χ4v) is 9.43.